The van der Waals surface area contributed by atoms with Crippen LogP contribution in [0.4, 0.5) is 5.69 Å². The molecule has 7 nitrogen and oxygen atoms in total. The van der Waals surface area contributed by atoms with E-state index in [0.717, 1.165) is 30.1 Å². The largest absolute Gasteiger partial charge is 0.489 e. The smallest absolute Gasteiger partial charge is 0.282 e. The average Bonchev–Trinajstić information content (AvgIpc) is 3.25. The average molecular weight is 411 g/mol. The molecule has 0 radical (unpaired) electrons. The summed E-state index contributed by atoms with van der Waals surface area (Å²) < 4.78 is 22.2. The van der Waals surface area contributed by atoms with Crippen LogP contribution in [0.5, 0.6) is 17.2 Å². The lowest BCUT2D eigenvalue weighted by Crippen LogP contribution is -3.15. The summed E-state index contributed by atoms with van der Waals surface area (Å²) >= 11 is 0. The lowest BCUT2D eigenvalue weighted by molar-refractivity contribution is -0.900. The number of fused-ring (bicyclic) bond motifs is 1. The molecule has 1 amide bonds. The van der Waals surface area contributed by atoms with Gasteiger partial charge in [0, 0.05) is 17.3 Å². The maximum atomic E-state index is 13.4. The van der Waals surface area contributed by atoms with Crippen molar-refractivity contribution in [3.8, 4) is 17.2 Å². The van der Waals surface area contributed by atoms with E-state index in [2.05, 4.69) is 6.58 Å². The topological polar surface area (TPSA) is 61.7 Å². The first-order valence-corrected chi connectivity index (χ1v) is 10.2. The van der Waals surface area contributed by atoms with Crippen molar-refractivity contribution in [2.75, 3.05) is 51.1 Å². The Hall–Kier alpha value is -3.03. The molecule has 1 saturated heterocycles. The molecule has 1 N–H and O–H groups in total. The number of quaternary nitrogens is 1. The van der Waals surface area contributed by atoms with Gasteiger partial charge >= 0.3 is 0 Å². The highest BCUT2D eigenvalue weighted by molar-refractivity contribution is 5.94. The summed E-state index contributed by atoms with van der Waals surface area (Å²) in [6.45, 7) is 8.16. The second kappa shape index (κ2) is 9.65. The number of carbonyl (C=O) groups excluding carboxylic acids is 1. The standard InChI is InChI=1S/C23H26N2O5/c1-2-11-28-20-6-4-3-5-18(20)15-25(23(26)16-24-9-12-27-13-10-24)19-7-8-21-22(14-19)30-17-29-21/h2-8,14H,1,9-13,15-17H2/p+1. The molecule has 0 aromatic heterocycles. The third-order valence-electron chi connectivity index (χ3n) is 5.23. The molecule has 0 bridgehead atoms. The molecule has 30 heavy (non-hydrogen) atoms. The summed E-state index contributed by atoms with van der Waals surface area (Å²) in [6.07, 6.45) is 1.71. The minimum Gasteiger partial charge on any atom is -0.489 e. The Morgan fingerprint density at radius 2 is 1.93 bits per heavy atom. The van der Waals surface area contributed by atoms with Crippen LogP contribution in [-0.2, 0) is 16.1 Å². The Kier molecular flexibility index (Phi) is 6.51. The van der Waals surface area contributed by atoms with E-state index in [-0.39, 0.29) is 12.7 Å². The monoisotopic (exact) mass is 411 g/mol. The molecule has 2 aromatic rings. The molecule has 0 atom stereocenters. The third-order valence-corrected chi connectivity index (χ3v) is 5.23. The first-order valence-electron chi connectivity index (χ1n) is 10.2. The summed E-state index contributed by atoms with van der Waals surface area (Å²) in [7, 11) is 0. The number of carbonyl (C=O) groups is 1. The van der Waals surface area contributed by atoms with Crippen LogP contribution in [0, 0.1) is 0 Å². The highest BCUT2D eigenvalue weighted by atomic mass is 16.7. The Morgan fingerprint density at radius 1 is 1.13 bits per heavy atom. The molecule has 158 valence electrons. The molecule has 2 aliphatic heterocycles. The number of ether oxygens (including phenoxy) is 4. The van der Waals surface area contributed by atoms with E-state index < -0.39 is 0 Å². The van der Waals surface area contributed by atoms with E-state index in [9.17, 15) is 4.79 Å². The van der Waals surface area contributed by atoms with Crippen molar-refractivity contribution in [1.82, 2.24) is 0 Å². The Labute approximate surface area is 176 Å². The zero-order valence-corrected chi connectivity index (χ0v) is 17.0. The highest BCUT2D eigenvalue weighted by Crippen LogP contribution is 2.36. The van der Waals surface area contributed by atoms with Crippen molar-refractivity contribution in [3.05, 3.63) is 60.7 Å². The summed E-state index contributed by atoms with van der Waals surface area (Å²) in [5.74, 6) is 2.14. The normalized spacial score (nSPS) is 15.6. The predicted octanol–water partition coefficient (Wildman–Crippen LogP) is 1.43. The molecule has 2 heterocycles. The van der Waals surface area contributed by atoms with Crippen LogP contribution in [0.15, 0.2) is 55.1 Å². The van der Waals surface area contributed by atoms with Gasteiger partial charge in [-0.15, -0.1) is 0 Å². The molecule has 0 unspecified atom stereocenters. The summed E-state index contributed by atoms with van der Waals surface area (Å²) in [4.78, 5) is 16.4. The first kappa shape index (κ1) is 20.3. The first-order chi connectivity index (χ1) is 14.7. The van der Waals surface area contributed by atoms with E-state index >= 15 is 0 Å². The van der Waals surface area contributed by atoms with Gasteiger partial charge in [-0.3, -0.25) is 4.79 Å². The van der Waals surface area contributed by atoms with Crippen molar-refractivity contribution >= 4 is 11.6 Å². The Bertz CT molecular complexity index is 895. The number of anilines is 1. The van der Waals surface area contributed by atoms with Gasteiger partial charge < -0.3 is 28.7 Å². The van der Waals surface area contributed by atoms with E-state index in [1.165, 1.54) is 4.90 Å². The van der Waals surface area contributed by atoms with Gasteiger partial charge in [0.25, 0.3) is 5.91 Å². The number of rotatable bonds is 8. The fourth-order valence-electron chi connectivity index (χ4n) is 3.62. The van der Waals surface area contributed by atoms with Crippen molar-refractivity contribution in [2.24, 2.45) is 0 Å². The van der Waals surface area contributed by atoms with Crippen LogP contribution < -0.4 is 24.0 Å². The lowest BCUT2D eigenvalue weighted by Gasteiger charge is -2.28. The minimum absolute atomic E-state index is 0.0456. The van der Waals surface area contributed by atoms with Gasteiger partial charge in [0.1, 0.15) is 25.4 Å². The number of morpholine rings is 1. The molecule has 0 saturated carbocycles. The minimum atomic E-state index is 0.0456. The zero-order chi connectivity index (χ0) is 20.8. The number of hydrogen-bond acceptors (Lipinski definition) is 5. The van der Waals surface area contributed by atoms with Gasteiger partial charge in [-0.25, -0.2) is 0 Å². The molecule has 2 aliphatic rings. The Morgan fingerprint density at radius 3 is 2.77 bits per heavy atom. The van der Waals surface area contributed by atoms with E-state index in [0.29, 0.717) is 44.4 Å². The van der Waals surface area contributed by atoms with Crippen molar-refractivity contribution in [2.45, 2.75) is 6.54 Å². The van der Waals surface area contributed by atoms with Crippen LogP contribution in [0.1, 0.15) is 5.56 Å². The second-order valence-corrected chi connectivity index (χ2v) is 7.26. The maximum Gasteiger partial charge on any atom is 0.282 e. The number of nitrogens with one attached hydrogen (secondary N) is 1. The third kappa shape index (κ3) is 4.75. The van der Waals surface area contributed by atoms with Gasteiger partial charge in [0.15, 0.2) is 18.0 Å². The van der Waals surface area contributed by atoms with E-state index in [1.54, 1.807) is 11.0 Å². The fourth-order valence-corrected chi connectivity index (χ4v) is 3.62. The molecule has 2 aromatic carbocycles. The number of para-hydroxylation sites is 1. The maximum absolute atomic E-state index is 13.4. The van der Waals surface area contributed by atoms with E-state index in [1.807, 2.05) is 42.5 Å². The fraction of sp³-hybridized carbons (Fsp3) is 0.348. The molecular weight excluding hydrogens is 384 g/mol. The molecule has 0 aliphatic carbocycles. The molecule has 7 heteroatoms. The molecule has 4 rings (SSSR count). The predicted molar refractivity (Wildman–Crippen MR) is 112 cm³/mol. The highest BCUT2D eigenvalue weighted by Gasteiger charge is 2.26. The van der Waals surface area contributed by atoms with Gasteiger partial charge in [-0.2, -0.15) is 0 Å². The second-order valence-electron chi connectivity index (χ2n) is 7.26. The summed E-state index contributed by atoms with van der Waals surface area (Å²) in [5.41, 5.74) is 1.71. The van der Waals surface area contributed by atoms with Crippen molar-refractivity contribution in [1.29, 1.82) is 0 Å². The van der Waals surface area contributed by atoms with Crippen molar-refractivity contribution in [3.63, 3.8) is 0 Å². The van der Waals surface area contributed by atoms with Gasteiger partial charge in [0.2, 0.25) is 6.79 Å². The molecular formula is C23H27N2O5+. The SMILES string of the molecule is C=CCOc1ccccc1CN(C(=O)C[NH+]1CCOCC1)c1ccc2c(c1)OCO2. The number of hydrogen-bond donors (Lipinski definition) is 1. The molecule has 0 spiro atoms. The van der Waals surface area contributed by atoms with Crippen LogP contribution in [0.3, 0.4) is 0 Å². The van der Waals surface area contributed by atoms with Crippen molar-refractivity contribution < 1.29 is 28.6 Å². The number of benzene rings is 2. The van der Waals surface area contributed by atoms with Gasteiger partial charge in [0.05, 0.1) is 19.8 Å². The molecule has 1 fully saturated rings. The summed E-state index contributed by atoms with van der Waals surface area (Å²) in [5, 5.41) is 0. The zero-order valence-electron chi connectivity index (χ0n) is 17.0. The van der Waals surface area contributed by atoms with Crippen LogP contribution in [0.25, 0.3) is 0 Å². The summed E-state index contributed by atoms with van der Waals surface area (Å²) in [6, 6.07) is 13.4. The number of nitrogens with zero attached hydrogens (tertiary/aromatic N) is 1. The number of amides is 1. The Balaban J connectivity index is 1.60. The lowest BCUT2D eigenvalue weighted by atomic mass is 10.1. The quantitative estimate of drug-likeness (QED) is 0.666. The van der Waals surface area contributed by atoms with Gasteiger partial charge in [-0.05, 0) is 18.2 Å². The van der Waals surface area contributed by atoms with Crippen LogP contribution in [0.2, 0.25) is 0 Å². The van der Waals surface area contributed by atoms with Crippen LogP contribution >= 0.6 is 0 Å². The van der Waals surface area contributed by atoms with Crippen LogP contribution in [-0.4, -0.2) is 52.2 Å². The van der Waals surface area contributed by atoms with Gasteiger partial charge in [-0.1, -0.05) is 30.9 Å². The van der Waals surface area contributed by atoms with E-state index in [4.69, 9.17) is 18.9 Å².